The lowest BCUT2D eigenvalue weighted by Gasteiger charge is -2.08. The zero-order valence-corrected chi connectivity index (χ0v) is 12.1. The Morgan fingerprint density at radius 2 is 1.85 bits per heavy atom. The molecule has 0 unspecified atom stereocenters. The van der Waals surface area contributed by atoms with Crippen LogP contribution in [-0.4, -0.2) is 20.2 Å². The molecule has 3 rings (SSSR count). The first kappa shape index (κ1) is 13.0. The van der Waals surface area contributed by atoms with E-state index in [0.717, 1.165) is 0 Å². The lowest BCUT2D eigenvalue weighted by atomic mass is 10.0. The number of hydrogen-bond donors (Lipinski definition) is 1. The SMILES string of the molecule is CC1(C)C(n2nnnc2-c2cc(F)ccc2N)C1(C)C. The second-order valence-corrected chi connectivity index (χ2v) is 6.52. The molecule has 0 radical (unpaired) electrons. The van der Waals surface area contributed by atoms with Crippen LogP contribution in [0.1, 0.15) is 33.7 Å². The maximum atomic E-state index is 13.5. The number of hydrogen-bond acceptors (Lipinski definition) is 4. The number of rotatable bonds is 2. The second kappa shape index (κ2) is 3.77. The van der Waals surface area contributed by atoms with E-state index >= 15 is 0 Å². The van der Waals surface area contributed by atoms with Gasteiger partial charge in [0, 0.05) is 11.3 Å². The third-order valence-corrected chi connectivity index (χ3v) is 4.94. The number of tetrazole rings is 1. The average molecular weight is 275 g/mol. The van der Waals surface area contributed by atoms with E-state index in [1.54, 1.807) is 4.68 Å². The molecule has 6 heteroatoms. The maximum Gasteiger partial charge on any atom is 0.184 e. The Labute approximate surface area is 117 Å². The lowest BCUT2D eigenvalue weighted by Crippen LogP contribution is -2.07. The van der Waals surface area contributed by atoms with Gasteiger partial charge in [0.15, 0.2) is 5.82 Å². The van der Waals surface area contributed by atoms with Crippen molar-refractivity contribution in [2.24, 2.45) is 10.8 Å². The highest BCUT2D eigenvalue weighted by atomic mass is 19.1. The Morgan fingerprint density at radius 3 is 2.45 bits per heavy atom. The zero-order valence-electron chi connectivity index (χ0n) is 12.1. The molecule has 2 N–H and O–H groups in total. The first-order chi connectivity index (χ1) is 9.26. The van der Waals surface area contributed by atoms with E-state index in [0.29, 0.717) is 17.1 Å². The van der Waals surface area contributed by atoms with Crippen LogP contribution in [0, 0.1) is 16.6 Å². The Kier molecular flexibility index (Phi) is 2.46. The minimum absolute atomic E-state index is 0.0826. The van der Waals surface area contributed by atoms with Crippen LogP contribution in [0.3, 0.4) is 0 Å². The topological polar surface area (TPSA) is 69.6 Å². The van der Waals surface area contributed by atoms with Crippen LogP contribution in [-0.2, 0) is 0 Å². The van der Waals surface area contributed by atoms with Gasteiger partial charge in [-0.25, -0.2) is 9.07 Å². The summed E-state index contributed by atoms with van der Waals surface area (Å²) in [6, 6.07) is 4.41. The monoisotopic (exact) mass is 275 g/mol. The van der Waals surface area contributed by atoms with Gasteiger partial charge in [0.2, 0.25) is 0 Å². The Balaban J connectivity index is 2.11. The summed E-state index contributed by atoms with van der Waals surface area (Å²) in [5.41, 5.74) is 7.10. The van der Waals surface area contributed by atoms with Crippen molar-refractivity contribution in [1.82, 2.24) is 20.2 Å². The van der Waals surface area contributed by atoms with E-state index in [1.165, 1.54) is 18.2 Å². The molecule has 0 saturated heterocycles. The van der Waals surface area contributed by atoms with Crippen molar-refractivity contribution < 1.29 is 4.39 Å². The van der Waals surface area contributed by atoms with Crippen LogP contribution in [0.15, 0.2) is 18.2 Å². The predicted octanol–water partition coefficient (Wildman–Crippen LogP) is 2.67. The summed E-state index contributed by atoms with van der Waals surface area (Å²) in [5, 5.41) is 11.9. The van der Waals surface area contributed by atoms with Crippen LogP contribution < -0.4 is 5.73 Å². The maximum absolute atomic E-state index is 13.5. The predicted molar refractivity (Wildman–Crippen MR) is 74.2 cm³/mol. The minimum atomic E-state index is -0.349. The van der Waals surface area contributed by atoms with Crippen molar-refractivity contribution in [3.05, 3.63) is 24.0 Å². The molecular formula is C14H18FN5. The summed E-state index contributed by atoms with van der Waals surface area (Å²) in [6.45, 7) is 8.71. The first-order valence-corrected chi connectivity index (χ1v) is 6.60. The average Bonchev–Trinajstić information content (AvgIpc) is 2.70. The van der Waals surface area contributed by atoms with Crippen molar-refractivity contribution >= 4 is 5.69 Å². The van der Waals surface area contributed by atoms with Gasteiger partial charge in [0.1, 0.15) is 5.82 Å². The third-order valence-electron chi connectivity index (χ3n) is 4.94. The molecule has 0 spiro atoms. The summed E-state index contributed by atoms with van der Waals surface area (Å²) in [6.07, 6.45) is 0. The summed E-state index contributed by atoms with van der Waals surface area (Å²) >= 11 is 0. The molecule has 1 fully saturated rings. The van der Waals surface area contributed by atoms with Crippen molar-refractivity contribution in [2.45, 2.75) is 33.7 Å². The van der Waals surface area contributed by atoms with Crippen molar-refractivity contribution in [3.8, 4) is 11.4 Å². The number of benzene rings is 1. The number of halogens is 1. The van der Waals surface area contributed by atoms with E-state index in [4.69, 9.17) is 5.73 Å². The molecule has 106 valence electrons. The number of nitrogen functional groups attached to an aromatic ring is 1. The number of nitrogens with zero attached hydrogens (tertiary/aromatic N) is 4. The Hall–Kier alpha value is -1.98. The molecule has 20 heavy (non-hydrogen) atoms. The highest BCUT2D eigenvalue weighted by molar-refractivity contribution is 5.71. The summed E-state index contributed by atoms with van der Waals surface area (Å²) in [7, 11) is 0. The summed E-state index contributed by atoms with van der Waals surface area (Å²) in [5.74, 6) is 0.170. The molecule has 1 saturated carbocycles. The molecule has 2 aromatic rings. The molecule has 1 aliphatic carbocycles. The first-order valence-electron chi connectivity index (χ1n) is 6.60. The van der Waals surface area contributed by atoms with E-state index in [2.05, 4.69) is 43.2 Å². The van der Waals surface area contributed by atoms with E-state index < -0.39 is 0 Å². The minimum Gasteiger partial charge on any atom is -0.398 e. The van der Waals surface area contributed by atoms with Gasteiger partial charge < -0.3 is 5.73 Å². The van der Waals surface area contributed by atoms with Crippen LogP contribution in [0.2, 0.25) is 0 Å². The van der Waals surface area contributed by atoms with Crippen LogP contribution in [0.25, 0.3) is 11.4 Å². The molecule has 1 aliphatic rings. The Morgan fingerprint density at radius 1 is 1.20 bits per heavy atom. The van der Waals surface area contributed by atoms with Crippen molar-refractivity contribution in [3.63, 3.8) is 0 Å². The fourth-order valence-corrected chi connectivity index (χ4v) is 3.04. The van der Waals surface area contributed by atoms with Crippen LogP contribution in [0.5, 0.6) is 0 Å². The number of anilines is 1. The van der Waals surface area contributed by atoms with Crippen molar-refractivity contribution in [2.75, 3.05) is 5.73 Å². The van der Waals surface area contributed by atoms with Gasteiger partial charge in [0.25, 0.3) is 0 Å². The fraction of sp³-hybridized carbons (Fsp3) is 0.500. The number of nitrogens with two attached hydrogens (primary N) is 1. The van der Waals surface area contributed by atoms with Gasteiger partial charge >= 0.3 is 0 Å². The van der Waals surface area contributed by atoms with Gasteiger partial charge in [0.05, 0.1) is 6.04 Å². The Bertz CT molecular complexity index is 660. The number of aromatic nitrogens is 4. The molecule has 1 aromatic heterocycles. The smallest absolute Gasteiger partial charge is 0.184 e. The second-order valence-electron chi connectivity index (χ2n) is 6.52. The molecule has 1 aromatic carbocycles. The van der Waals surface area contributed by atoms with Gasteiger partial charge in [-0.2, -0.15) is 0 Å². The lowest BCUT2D eigenvalue weighted by molar-refractivity contribution is 0.457. The quantitative estimate of drug-likeness (QED) is 0.855. The summed E-state index contributed by atoms with van der Waals surface area (Å²) < 4.78 is 15.2. The van der Waals surface area contributed by atoms with Crippen LogP contribution in [0.4, 0.5) is 10.1 Å². The molecule has 0 atom stereocenters. The van der Waals surface area contributed by atoms with Gasteiger partial charge in [-0.05, 0) is 39.5 Å². The molecule has 0 amide bonds. The summed E-state index contributed by atoms with van der Waals surface area (Å²) in [4.78, 5) is 0. The van der Waals surface area contributed by atoms with Gasteiger partial charge in [-0.15, -0.1) is 5.10 Å². The van der Waals surface area contributed by atoms with E-state index in [9.17, 15) is 4.39 Å². The standard InChI is InChI=1S/C14H18FN5/c1-13(2)12(14(13,3)4)20-11(17-18-19-20)9-7-8(15)5-6-10(9)16/h5-7,12H,16H2,1-4H3. The molecular weight excluding hydrogens is 257 g/mol. The largest absolute Gasteiger partial charge is 0.398 e. The normalized spacial score (nSPS) is 20.1. The van der Waals surface area contributed by atoms with Gasteiger partial charge in [-0.1, -0.05) is 27.7 Å². The third kappa shape index (κ3) is 1.57. The van der Waals surface area contributed by atoms with E-state index in [-0.39, 0.29) is 22.7 Å². The molecule has 0 bridgehead atoms. The molecule has 0 aliphatic heterocycles. The molecule has 5 nitrogen and oxygen atoms in total. The zero-order chi connectivity index (χ0) is 14.7. The van der Waals surface area contributed by atoms with E-state index in [1.807, 2.05) is 0 Å². The van der Waals surface area contributed by atoms with Gasteiger partial charge in [-0.3, -0.25) is 0 Å². The fourth-order valence-electron chi connectivity index (χ4n) is 3.04. The van der Waals surface area contributed by atoms with Crippen molar-refractivity contribution in [1.29, 1.82) is 0 Å². The molecule has 1 heterocycles. The van der Waals surface area contributed by atoms with Crippen LogP contribution >= 0.6 is 0 Å². The highest BCUT2D eigenvalue weighted by Gasteiger charge is 2.67. The highest BCUT2D eigenvalue weighted by Crippen LogP contribution is 2.71.